The summed E-state index contributed by atoms with van der Waals surface area (Å²) in [6.45, 7) is 9.69. The molecule has 0 aliphatic carbocycles. The minimum Gasteiger partial charge on any atom is -0.497 e. The van der Waals surface area contributed by atoms with Crippen LogP contribution in [0, 0.1) is 0 Å². The fraction of sp³-hybridized carbons (Fsp3) is 0.625. The zero-order chi connectivity index (χ0) is 19.6. The number of hydrogen-bond donors (Lipinski definition) is 0. The number of fused-ring (bicyclic) bond motifs is 1. The van der Waals surface area contributed by atoms with Crippen molar-refractivity contribution in [3.05, 3.63) is 36.0 Å². The quantitative estimate of drug-likeness (QED) is 0.523. The van der Waals surface area contributed by atoms with Crippen LogP contribution in [0.4, 0.5) is 0 Å². The number of rotatable bonds is 11. The molecule has 4 nitrogen and oxygen atoms in total. The Bertz CT molecular complexity index is 710. The summed E-state index contributed by atoms with van der Waals surface area (Å²) in [4.78, 5) is 9.79. The summed E-state index contributed by atoms with van der Waals surface area (Å²) < 4.78 is 5.39. The molecular weight excluding hydrogens is 346 g/mol. The first-order valence-corrected chi connectivity index (χ1v) is 11.2. The van der Waals surface area contributed by atoms with Crippen molar-refractivity contribution in [3.63, 3.8) is 0 Å². The summed E-state index contributed by atoms with van der Waals surface area (Å²) in [5, 5.41) is 1.23. The standard InChI is InChI=1S/C24H37N3O/c1-3-4-5-6-7-14-26-16-18-27(19-17-26)15-8-9-21-12-13-25-24-11-10-22(28-2)20-23(21)24/h10-13,20H,3-9,14-19H2,1-2H3. The normalized spacial score (nSPS) is 15.9. The highest BCUT2D eigenvalue weighted by Gasteiger charge is 2.16. The second-order valence-corrected chi connectivity index (χ2v) is 8.05. The molecule has 1 aliphatic rings. The number of pyridine rings is 1. The first-order chi connectivity index (χ1) is 13.8. The van der Waals surface area contributed by atoms with Crippen LogP contribution < -0.4 is 4.74 Å². The number of ether oxygens (including phenoxy) is 1. The van der Waals surface area contributed by atoms with Crippen LogP contribution >= 0.6 is 0 Å². The van der Waals surface area contributed by atoms with Crippen molar-refractivity contribution in [2.24, 2.45) is 0 Å². The van der Waals surface area contributed by atoms with Crippen molar-refractivity contribution < 1.29 is 4.74 Å². The maximum atomic E-state index is 5.39. The van der Waals surface area contributed by atoms with Crippen LogP contribution in [0.3, 0.4) is 0 Å². The van der Waals surface area contributed by atoms with Crippen molar-refractivity contribution in [1.82, 2.24) is 14.8 Å². The minimum atomic E-state index is 0.910. The monoisotopic (exact) mass is 383 g/mol. The maximum Gasteiger partial charge on any atom is 0.119 e. The van der Waals surface area contributed by atoms with E-state index in [2.05, 4.69) is 39.9 Å². The van der Waals surface area contributed by atoms with E-state index in [0.29, 0.717) is 0 Å². The van der Waals surface area contributed by atoms with Gasteiger partial charge in [0.2, 0.25) is 0 Å². The number of aromatic nitrogens is 1. The van der Waals surface area contributed by atoms with Gasteiger partial charge in [-0.25, -0.2) is 0 Å². The molecule has 28 heavy (non-hydrogen) atoms. The van der Waals surface area contributed by atoms with Crippen molar-refractivity contribution >= 4 is 10.9 Å². The number of methoxy groups -OCH3 is 1. The van der Waals surface area contributed by atoms with E-state index in [4.69, 9.17) is 4.74 Å². The molecule has 4 heteroatoms. The van der Waals surface area contributed by atoms with Crippen molar-refractivity contribution in [1.29, 1.82) is 0 Å². The Balaban J connectivity index is 1.39. The van der Waals surface area contributed by atoms with E-state index in [0.717, 1.165) is 17.7 Å². The van der Waals surface area contributed by atoms with Crippen LogP contribution in [0.15, 0.2) is 30.5 Å². The second-order valence-electron chi connectivity index (χ2n) is 8.05. The van der Waals surface area contributed by atoms with E-state index in [1.165, 1.54) is 88.7 Å². The third-order valence-corrected chi connectivity index (χ3v) is 6.00. The zero-order valence-electron chi connectivity index (χ0n) is 17.8. The van der Waals surface area contributed by atoms with E-state index >= 15 is 0 Å². The van der Waals surface area contributed by atoms with Gasteiger partial charge in [-0.2, -0.15) is 0 Å². The highest BCUT2D eigenvalue weighted by molar-refractivity contribution is 5.83. The second kappa shape index (κ2) is 11.4. The lowest BCUT2D eigenvalue weighted by Crippen LogP contribution is -2.46. The highest BCUT2D eigenvalue weighted by atomic mass is 16.5. The van der Waals surface area contributed by atoms with Gasteiger partial charge in [-0.1, -0.05) is 32.6 Å². The molecular formula is C24H37N3O. The van der Waals surface area contributed by atoms with Crippen LogP contribution in [0.1, 0.15) is 51.0 Å². The fourth-order valence-electron chi connectivity index (χ4n) is 4.20. The summed E-state index contributed by atoms with van der Waals surface area (Å²) >= 11 is 0. The largest absolute Gasteiger partial charge is 0.497 e. The average molecular weight is 384 g/mol. The predicted molar refractivity (Wildman–Crippen MR) is 118 cm³/mol. The average Bonchev–Trinajstić information content (AvgIpc) is 2.74. The molecule has 1 aromatic carbocycles. The molecule has 0 saturated carbocycles. The van der Waals surface area contributed by atoms with Crippen LogP contribution in [0.2, 0.25) is 0 Å². The molecule has 0 bridgehead atoms. The number of unbranched alkanes of at least 4 members (excludes halogenated alkanes) is 4. The summed E-state index contributed by atoms with van der Waals surface area (Å²) in [7, 11) is 1.72. The highest BCUT2D eigenvalue weighted by Crippen LogP contribution is 2.23. The summed E-state index contributed by atoms with van der Waals surface area (Å²) in [6, 6.07) is 8.33. The number of piperazine rings is 1. The molecule has 1 fully saturated rings. The lowest BCUT2D eigenvalue weighted by molar-refractivity contribution is 0.130. The molecule has 2 heterocycles. The van der Waals surface area contributed by atoms with Crippen LogP contribution in [-0.4, -0.2) is 61.2 Å². The molecule has 1 aromatic heterocycles. The topological polar surface area (TPSA) is 28.6 Å². The van der Waals surface area contributed by atoms with E-state index in [1.54, 1.807) is 7.11 Å². The minimum absolute atomic E-state index is 0.910. The number of hydrogen-bond acceptors (Lipinski definition) is 4. The van der Waals surface area contributed by atoms with Crippen molar-refractivity contribution in [2.45, 2.75) is 51.9 Å². The van der Waals surface area contributed by atoms with Gasteiger partial charge in [0, 0.05) is 37.8 Å². The third-order valence-electron chi connectivity index (χ3n) is 6.00. The Labute approximate surface area is 170 Å². The van der Waals surface area contributed by atoms with Gasteiger partial charge in [0.15, 0.2) is 0 Å². The Morgan fingerprint density at radius 1 is 0.893 bits per heavy atom. The number of benzene rings is 1. The first-order valence-electron chi connectivity index (χ1n) is 11.2. The van der Waals surface area contributed by atoms with Gasteiger partial charge in [0.25, 0.3) is 0 Å². The molecule has 0 amide bonds. The Kier molecular flexibility index (Phi) is 8.56. The van der Waals surface area contributed by atoms with E-state index in [1.807, 2.05) is 12.3 Å². The van der Waals surface area contributed by atoms with E-state index in [-0.39, 0.29) is 0 Å². The van der Waals surface area contributed by atoms with Gasteiger partial charge in [-0.3, -0.25) is 4.98 Å². The molecule has 0 N–H and O–H groups in total. The molecule has 0 radical (unpaired) electrons. The Hall–Kier alpha value is -1.65. The van der Waals surface area contributed by atoms with Gasteiger partial charge in [-0.05, 0) is 62.2 Å². The van der Waals surface area contributed by atoms with Crippen LogP contribution in [0.25, 0.3) is 10.9 Å². The predicted octanol–water partition coefficient (Wildman–Crippen LogP) is 4.76. The molecule has 1 saturated heterocycles. The molecule has 1 aliphatic heterocycles. The van der Waals surface area contributed by atoms with Gasteiger partial charge in [0.1, 0.15) is 5.75 Å². The molecule has 3 rings (SSSR count). The van der Waals surface area contributed by atoms with E-state index in [9.17, 15) is 0 Å². The summed E-state index contributed by atoms with van der Waals surface area (Å²) in [5.41, 5.74) is 2.44. The van der Waals surface area contributed by atoms with Crippen molar-refractivity contribution in [2.75, 3.05) is 46.4 Å². The van der Waals surface area contributed by atoms with E-state index < -0.39 is 0 Å². The van der Waals surface area contributed by atoms with Crippen molar-refractivity contribution in [3.8, 4) is 5.75 Å². The zero-order valence-corrected chi connectivity index (χ0v) is 17.8. The molecule has 0 unspecified atom stereocenters. The molecule has 0 spiro atoms. The Morgan fingerprint density at radius 2 is 1.61 bits per heavy atom. The summed E-state index contributed by atoms with van der Waals surface area (Å²) in [6.07, 6.45) is 11.2. The molecule has 154 valence electrons. The van der Waals surface area contributed by atoms with Crippen LogP contribution in [-0.2, 0) is 6.42 Å². The number of nitrogens with zero attached hydrogens (tertiary/aromatic N) is 3. The SMILES string of the molecule is CCCCCCCN1CCN(CCCc2ccnc3ccc(OC)cc23)CC1. The molecule has 2 aromatic rings. The van der Waals surface area contributed by atoms with Gasteiger partial charge in [-0.15, -0.1) is 0 Å². The van der Waals surface area contributed by atoms with Gasteiger partial charge < -0.3 is 14.5 Å². The number of aryl methyl sites for hydroxylation is 1. The summed E-state index contributed by atoms with van der Waals surface area (Å²) in [5.74, 6) is 0.910. The van der Waals surface area contributed by atoms with Crippen LogP contribution in [0.5, 0.6) is 5.75 Å². The maximum absolute atomic E-state index is 5.39. The smallest absolute Gasteiger partial charge is 0.119 e. The molecule has 0 atom stereocenters. The Morgan fingerprint density at radius 3 is 2.32 bits per heavy atom. The fourth-order valence-corrected chi connectivity index (χ4v) is 4.20. The van der Waals surface area contributed by atoms with Gasteiger partial charge in [0.05, 0.1) is 12.6 Å². The third kappa shape index (κ3) is 6.18. The first kappa shape index (κ1) is 21.1. The lowest BCUT2D eigenvalue weighted by atomic mass is 10.0. The van der Waals surface area contributed by atoms with Gasteiger partial charge >= 0.3 is 0 Å². The lowest BCUT2D eigenvalue weighted by Gasteiger charge is -2.34.